The second-order valence-electron chi connectivity index (χ2n) is 7.83. The number of piperazine rings is 1. The molecule has 1 aromatic heterocycles. The van der Waals surface area contributed by atoms with Crippen LogP contribution < -0.4 is 5.32 Å². The first-order chi connectivity index (χ1) is 12.3. The first kappa shape index (κ1) is 17.5. The highest BCUT2D eigenvalue weighted by atomic mass is 32.1. The lowest BCUT2D eigenvalue weighted by Crippen LogP contribution is -2.46. The van der Waals surface area contributed by atoms with Crippen molar-refractivity contribution in [2.24, 2.45) is 11.8 Å². The van der Waals surface area contributed by atoms with Crippen molar-refractivity contribution < 1.29 is 5.11 Å². The molecule has 2 aliphatic rings. The lowest BCUT2D eigenvalue weighted by Gasteiger charge is -2.34. The van der Waals surface area contributed by atoms with E-state index in [4.69, 9.17) is 0 Å². The summed E-state index contributed by atoms with van der Waals surface area (Å²) in [4.78, 5) is 2.55. The van der Waals surface area contributed by atoms with Crippen molar-refractivity contribution in [3.05, 3.63) is 35.2 Å². The van der Waals surface area contributed by atoms with Gasteiger partial charge >= 0.3 is 0 Å². The molecule has 1 saturated carbocycles. The molecule has 25 heavy (non-hydrogen) atoms. The normalized spacial score (nSPS) is 22.4. The van der Waals surface area contributed by atoms with Crippen molar-refractivity contribution in [1.29, 1.82) is 0 Å². The van der Waals surface area contributed by atoms with E-state index in [1.807, 2.05) is 0 Å². The molecular weight excluding hydrogens is 328 g/mol. The van der Waals surface area contributed by atoms with Gasteiger partial charge in [-0.3, -0.25) is 0 Å². The van der Waals surface area contributed by atoms with Crippen LogP contribution in [0, 0.1) is 11.8 Å². The molecule has 0 spiro atoms. The van der Waals surface area contributed by atoms with Crippen LogP contribution in [0.1, 0.15) is 43.8 Å². The summed E-state index contributed by atoms with van der Waals surface area (Å²) in [5.41, 5.74) is 1.15. The fourth-order valence-corrected chi connectivity index (χ4v) is 5.67. The van der Waals surface area contributed by atoms with Gasteiger partial charge in [-0.2, -0.15) is 0 Å². The van der Waals surface area contributed by atoms with Crippen molar-refractivity contribution in [2.75, 3.05) is 32.7 Å². The third-order valence-electron chi connectivity index (χ3n) is 6.09. The minimum Gasteiger partial charge on any atom is -0.388 e. The molecule has 2 heterocycles. The number of hydrogen-bond acceptors (Lipinski definition) is 4. The van der Waals surface area contributed by atoms with Gasteiger partial charge < -0.3 is 15.3 Å². The van der Waals surface area contributed by atoms with Gasteiger partial charge in [-0.25, -0.2) is 0 Å². The van der Waals surface area contributed by atoms with Crippen molar-refractivity contribution >= 4 is 21.4 Å². The molecular formula is C21H30N2OS. The predicted molar refractivity (Wildman–Crippen MR) is 106 cm³/mol. The Bertz CT molecular complexity index is 673. The number of aliphatic hydroxyl groups excluding tert-OH is 1. The minimum atomic E-state index is -0.341. The van der Waals surface area contributed by atoms with Crippen LogP contribution in [-0.2, 0) is 0 Å². The number of fused-ring (bicyclic) bond motifs is 1. The van der Waals surface area contributed by atoms with Gasteiger partial charge in [-0.15, -0.1) is 11.3 Å². The molecule has 3 nitrogen and oxygen atoms in total. The maximum atomic E-state index is 11.3. The van der Waals surface area contributed by atoms with Gasteiger partial charge in [0.05, 0.1) is 6.10 Å². The monoisotopic (exact) mass is 358 g/mol. The van der Waals surface area contributed by atoms with Gasteiger partial charge in [0.25, 0.3) is 0 Å². The molecule has 0 bridgehead atoms. The number of benzene rings is 1. The molecule has 1 aliphatic heterocycles. The molecule has 1 aliphatic carbocycles. The topological polar surface area (TPSA) is 35.5 Å². The summed E-state index contributed by atoms with van der Waals surface area (Å²) >= 11 is 1.76. The van der Waals surface area contributed by atoms with Gasteiger partial charge in [0, 0.05) is 43.3 Å². The van der Waals surface area contributed by atoms with Crippen molar-refractivity contribution in [1.82, 2.24) is 10.2 Å². The number of aliphatic hydroxyl groups is 1. The maximum Gasteiger partial charge on any atom is 0.0844 e. The molecule has 1 saturated heterocycles. The highest BCUT2D eigenvalue weighted by Crippen LogP contribution is 2.39. The molecule has 2 atom stereocenters. The Kier molecular flexibility index (Phi) is 5.71. The summed E-state index contributed by atoms with van der Waals surface area (Å²) < 4.78 is 1.29. The average Bonchev–Trinajstić information content (AvgIpc) is 3.31. The maximum absolute atomic E-state index is 11.3. The van der Waals surface area contributed by atoms with Crippen LogP contribution in [0.5, 0.6) is 0 Å². The average molecular weight is 359 g/mol. The van der Waals surface area contributed by atoms with E-state index < -0.39 is 0 Å². The van der Waals surface area contributed by atoms with E-state index in [1.54, 1.807) is 11.3 Å². The van der Waals surface area contributed by atoms with Crippen LogP contribution in [0.3, 0.4) is 0 Å². The summed E-state index contributed by atoms with van der Waals surface area (Å²) in [5.74, 6) is 1.16. The standard InChI is InChI=1S/C21H30N2OS/c24-21(19-15-25-20-8-4-3-7-18(19)20)17(13-16-5-1-2-6-16)14-23-11-9-22-10-12-23/h3-4,7-8,15-17,21-22,24H,1-2,5-6,9-14H2. The molecule has 2 unspecified atom stereocenters. The molecule has 2 N–H and O–H groups in total. The molecule has 0 radical (unpaired) electrons. The lowest BCUT2D eigenvalue weighted by atomic mass is 9.85. The van der Waals surface area contributed by atoms with Crippen LogP contribution in [0.25, 0.3) is 10.1 Å². The Morgan fingerprint density at radius 2 is 1.92 bits per heavy atom. The summed E-state index contributed by atoms with van der Waals surface area (Å²) in [6, 6.07) is 8.51. The molecule has 1 aromatic carbocycles. The van der Waals surface area contributed by atoms with Crippen LogP contribution in [0.15, 0.2) is 29.6 Å². The molecule has 2 aromatic rings. The summed E-state index contributed by atoms with van der Waals surface area (Å²) in [6.07, 6.45) is 6.30. The van der Waals surface area contributed by atoms with Gasteiger partial charge in [-0.1, -0.05) is 43.9 Å². The van der Waals surface area contributed by atoms with Gasteiger partial charge in [0.2, 0.25) is 0 Å². The Morgan fingerprint density at radius 3 is 2.72 bits per heavy atom. The Labute approximate surface area is 155 Å². The van der Waals surface area contributed by atoms with E-state index in [0.717, 1.165) is 44.2 Å². The molecule has 0 amide bonds. The first-order valence-electron chi connectivity index (χ1n) is 9.88. The fraction of sp³-hybridized carbons (Fsp3) is 0.619. The summed E-state index contributed by atoms with van der Waals surface area (Å²) in [6.45, 7) is 5.40. The van der Waals surface area contributed by atoms with Crippen LogP contribution in [0.2, 0.25) is 0 Å². The van der Waals surface area contributed by atoms with E-state index in [0.29, 0.717) is 5.92 Å². The Balaban J connectivity index is 1.54. The van der Waals surface area contributed by atoms with E-state index in [1.165, 1.54) is 42.2 Å². The number of nitrogens with zero attached hydrogens (tertiary/aromatic N) is 1. The number of thiophene rings is 1. The molecule has 136 valence electrons. The number of nitrogens with one attached hydrogen (secondary N) is 1. The smallest absolute Gasteiger partial charge is 0.0844 e. The number of rotatable bonds is 6. The fourth-order valence-electron chi connectivity index (χ4n) is 4.68. The highest BCUT2D eigenvalue weighted by Gasteiger charge is 2.29. The second kappa shape index (κ2) is 8.17. The van der Waals surface area contributed by atoms with E-state index in [2.05, 4.69) is 39.9 Å². The van der Waals surface area contributed by atoms with Crippen molar-refractivity contribution in [2.45, 2.75) is 38.2 Å². The van der Waals surface area contributed by atoms with Gasteiger partial charge in [-0.05, 0) is 34.7 Å². The van der Waals surface area contributed by atoms with E-state index >= 15 is 0 Å². The molecule has 4 rings (SSSR count). The van der Waals surface area contributed by atoms with Crippen LogP contribution in [-0.4, -0.2) is 42.7 Å². The van der Waals surface area contributed by atoms with Crippen molar-refractivity contribution in [3.8, 4) is 0 Å². The minimum absolute atomic E-state index is 0.341. The summed E-state index contributed by atoms with van der Waals surface area (Å²) in [7, 11) is 0. The Morgan fingerprint density at radius 1 is 1.16 bits per heavy atom. The van der Waals surface area contributed by atoms with E-state index in [-0.39, 0.29) is 6.10 Å². The lowest BCUT2D eigenvalue weighted by molar-refractivity contribution is 0.0619. The summed E-state index contributed by atoms with van der Waals surface area (Å²) in [5, 5.41) is 18.2. The zero-order valence-electron chi connectivity index (χ0n) is 15.0. The quantitative estimate of drug-likeness (QED) is 0.818. The van der Waals surface area contributed by atoms with Crippen LogP contribution >= 0.6 is 11.3 Å². The zero-order chi connectivity index (χ0) is 17.1. The van der Waals surface area contributed by atoms with Gasteiger partial charge in [0.15, 0.2) is 0 Å². The predicted octanol–water partition coefficient (Wildman–Crippen LogP) is 4.04. The van der Waals surface area contributed by atoms with Crippen molar-refractivity contribution in [3.63, 3.8) is 0 Å². The highest BCUT2D eigenvalue weighted by molar-refractivity contribution is 7.17. The third kappa shape index (κ3) is 4.08. The van der Waals surface area contributed by atoms with Gasteiger partial charge in [0.1, 0.15) is 0 Å². The first-order valence-corrected chi connectivity index (χ1v) is 10.8. The SMILES string of the molecule is OC(c1csc2ccccc12)C(CC1CCCC1)CN1CCNCC1. The zero-order valence-corrected chi connectivity index (χ0v) is 15.8. The number of hydrogen-bond donors (Lipinski definition) is 2. The molecule has 4 heteroatoms. The van der Waals surface area contributed by atoms with E-state index in [9.17, 15) is 5.11 Å². The molecule has 2 fully saturated rings. The third-order valence-corrected chi connectivity index (χ3v) is 7.07. The largest absolute Gasteiger partial charge is 0.388 e. The Hall–Kier alpha value is -0.940. The second-order valence-corrected chi connectivity index (χ2v) is 8.74. The van der Waals surface area contributed by atoms with Crippen LogP contribution in [0.4, 0.5) is 0 Å².